The molecule has 13 heavy (non-hydrogen) atoms. The van der Waals surface area contributed by atoms with E-state index < -0.39 is 0 Å². The van der Waals surface area contributed by atoms with Gasteiger partial charge in [0.25, 0.3) is 0 Å². The van der Waals surface area contributed by atoms with Gasteiger partial charge in [0.2, 0.25) is 0 Å². The van der Waals surface area contributed by atoms with E-state index in [2.05, 4.69) is 0 Å². The Morgan fingerprint density at radius 3 is 2.31 bits per heavy atom. The molecule has 1 fully saturated rings. The summed E-state index contributed by atoms with van der Waals surface area (Å²) < 4.78 is 23.1. The predicted octanol–water partition coefficient (Wildman–Crippen LogP) is 1.70. The predicted molar refractivity (Wildman–Crippen MR) is 45.9 cm³/mol. The van der Waals surface area contributed by atoms with E-state index in [0.717, 1.165) is 5.56 Å². The highest BCUT2D eigenvalue weighted by atomic mass is 19.1. The van der Waals surface area contributed by atoms with Crippen LogP contribution in [0.5, 0.6) is 0 Å². The van der Waals surface area contributed by atoms with Crippen molar-refractivity contribution in [3.05, 3.63) is 35.6 Å². The lowest BCUT2D eigenvalue weighted by Gasteiger charge is -2.40. The van der Waals surface area contributed by atoms with Gasteiger partial charge in [-0.3, -0.25) is 0 Å². The van der Waals surface area contributed by atoms with Crippen LogP contribution in [0, 0.1) is 5.82 Å². The maximum Gasteiger partial charge on any atom is 0.139 e. The third-order valence-electron chi connectivity index (χ3n) is 2.43. The second-order valence-electron chi connectivity index (χ2n) is 3.20. The summed E-state index contributed by atoms with van der Waals surface area (Å²) in [5.74, 6) is -0.227. The first-order valence-electron chi connectivity index (χ1n) is 4.16. The Kier molecular flexibility index (Phi) is 2.06. The van der Waals surface area contributed by atoms with Gasteiger partial charge >= 0.3 is 0 Å². The van der Waals surface area contributed by atoms with E-state index in [4.69, 9.17) is 9.47 Å². The highest BCUT2D eigenvalue weighted by Gasteiger charge is 2.40. The summed E-state index contributed by atoms with van der Waals surface area (Å²) in [5, 5.41) is 0. The van der Waals surface area contributed by atoms with Crippen LogP contribution in [0.3, 0.4) is 0 Å². The van der Waals surface area contributed by atoms with E-state index in [1.807, 2.05) is 0 Å². The summed E-state index contributed by atoms with van der Waals surface area (Å²) >= 11 is 0. The molecule has 1 aromatic rings. The number of halogens is 1. The normalized spacial score (nSPS) is 19.5. The van der Waals surface area contributed by atoms with Gasteiger partial charge in [-0.15, -0.1) is 0 Å². The molecule has 1 aliphatic heterocycles. The molecule has 0 amide bonds. The molecule has 0 aromatic heterocycles. The topological polar surface area (TPSA) is 18.5 Å². The average Bonchev–Trinajstić information content (AvgIpc) is 2.07. The first-order chi connectivity index (χ1) is 6.27. The summed E-state index contributed by atoms with van der Waals surface area (Å²) in [4.78, 5) is 0. The summed E-state index contributed by atoms with van der Waals surface area (Å²) in [5.41, 5.74) is 0.635. The molecule has 0 N–H and O–H groups in total. The second-order valence-corrected chi connectivity index (χ2v) is 3.20. The highest BCUT2D eigenvalue weighted by Crippen LogP contribution is 2.32. The van der Waals surface area contributed by atoms with Crippen molar-refractivity contribution in [1.82, 2.24) is 0 Å². The van der Waals surface area contributed by atoms with Crippen LogP contribution >= 0.6 is 0 Å². The largest absolute Gasteiger partial charge is 0.375 e. The second kappa shape index (κ2) is 3.09. The lowest BCUT2D eigenvalue weighted by Crippen LogP contribution is -2.48. The third kappa shape index (κ3) is 1.34. The van der Waals surface area contributed by atoms with E-state index in [-0.39, 0.29) is 11.4 Å². The summed E-state index contributed by atoms with van der Waals surface area (Å²) in [6, 6.07) is 6.35. The number of hydrogen-bond acceptors (Lipinski definition) is 2. The van der Waals surface area contributed by atoms with Crippen molar-refractivity contribution in [3.8, 4) is 0 Å². The van der Waals surface area contributed by atoms with Crippen molar-refractivity contribution in [2.45, 2.75) is 5.60 Å². The molecular formula is C10H11FO2. The number of benzene rings is 1. The molecule has 1 saturated heterocycles. The Balaban J connectivity index is 2.28. The van der Waals surface area contributed by atoms with Gasteiger partial charge < -0.3 is 9.47 Å². The zero-order valence-electron chi connectivity index (χ0n) is 7.42. The SMILES string of the molecule is COC1(c2ccc(F)cc2)COC1. The van der Waals surface area contributed by atoms with Gasteiger partial charge in [-0.25, -0.2) is 4.39 Å². The van der Waals surface area contributed by atoms with E-state index in [1.165, 1.54) is 12.1 Å². The van der Waals surface area contributed by atoms with Crippen LogP contribution in [-0.4, -0.2) is 20.3 Å². The molecule has 0 atom stereocenters. The first-order valence-corrected chi connectivity index (χ1v) is 4.16. The number of rotatable bonds is 2. The summed E-state index contributed by atoms with van der Waals surface area (Å²) in [6.45, 7) is 1.10. The fraction of sp³-hybridized carbons (Fsp3) is 0.400. The van der Waals surface area contributed by atoms with Crippen LogP contribution in [0.15, 0.2) is 24.3 Å². The Hall–Kier alpha value is -0.930. The molecule has 0 unspecified atom stereocenters. The molecule has 2 rings (SSSR count). The zero-order chi connectivity index (χ0) is 9.31. The monoisotopic (exact) mass is 182 g/mol. The minimum absolute atomic E-state index is 0.227. The van der Waals surface area contributed by atoms with Crippen molar-refractivity contribution >= 4 is 0 Å². The highest BCUT2D eigenvalue weighted by molar-refractivity contribution is 5.25. The maximum atomic E-state index is 12.6. The smallest absolute Gasteiger partial charge is 0.139 e. The van der Waals surface area contributed by atoms with Crippen molar-refractivity contribution in [1.29, 1.82) is 0 Å². The van der Waals surface area contributed by atoms with Crippen molar-refractivity contribution in [2.24, 2.45) is 0 Å². The molecule has 2 nitrogen and oxygen atoms in total. The van der Waals surface area contributed by atoms with Gasteiger partial charge in [-0.1, -0.05) is 12.1 Å². The fourth-order valence-electron chi connectivity index (χ4n) is 1.44. The van der Waals surface area contributed by atoms with Crippen LogP contribution in [0.4, 0.5) is 4.39 Å². The number of ether oxygens (including phenoxy) is 2. The minimum Gasteiger partial charge on any atom is -0.375 e. The van der Waals surface area contributed by atoms with E-state index >= 15 is 0 Å². The molecule has 0 aliphatic carbocycles. The molecule has 70 valence electrons. The average molecular weight is 182 g/mol. The van der Waals surface area contributed by atoms with Crippen LogP contribution < -0.4 is 0 Å². The molecule has 0 radical (unpaired) electrons. The fourth-order valence-corrected chi connectivity index (χ4v) is 1.44. The first kappa shape index (κ1) is 8.66. The van der Waals surface area contributed by atoms with Crippen LogP contribution in [-0.2, 0) is 15.1 Å². The maximum absolute atomic E-state index is 12.6. The van der Waals surface area contributed by atoms with E-state index in [9.17, 15) is 4.39 Å². The van der Waals surface area contributed by atoms with Crippen LogP contribution in [0.2, 0.25) is 0 Å². The van der Waals surface area contributed by atoms with Crippen molar-refractivity contribution < 1.29 is 13.9 Å². The Labute approximate surface area is 76.3 Å². The zero-order valence-corrected chi connectivity index (χ0v) is 7.42. The van der Waals surface area contributed by atoms with E-state index in [1.54, 1.807) is 19.2 Å². The standard InChI is InChI=1S/C10H11FO2/c1-12-10(6-13-7-10)8-2-4-9(11)5-3-8/h2-5H,6-7H2,1H3. The Bertz CT molecular complexity index is 285. The quantitative estimate of drug-likeness (QED) is 0.693. The number of hydrogen-bond donors (Lipinski definition) is 0. The molecule has 1 aliphatic rings. The minimum atomic E-state index is -0.340. The van der Waals surface area contributed by atoms with Crippen molar-refractivity contribution in [3.63, 3.8) is 0 Å². The molecule has 0 bridgehead atoms. The lowest BCUT2D eigenvalue weighted by atomic mass is 9.92. The Morgan fingerprint density at radius 2 is 1.92 bits per heavy atom. The van der Waals surface area contributed by atoms with Gasteiger partial charge in [0.1, 0.15) is 11.4 Å². The number of methoxy groups -OCH3 is 1. The van der Waals surface area contributed by atoms with Gasteiger partial charge in [-0.2, -0.15) is 0 Å². The van der Waals surface area contributed by atoms with E-state index in [0.29, 0.717) is 13.2 Å². The van der Waals surface area contributed by atoms with Crippen molar-refractivity contribution in [2.75, 3.05) is 20.3 Å². The molecule has 1 aromatic carbocycles. The van der Waals surface area contributed by atoms with Gasteiger partial charge in [0, 0.05) is 7.11 Å². The molecule has 3 heteroatoms. The van der Waals surface area contributed by atoms with Crippen LogP contribution in [0.1, 0.15) is 5.56 Å². The van der Waals surface area contributed by atoms with Gasteiger partial charge in [0.05, 0.1) is 13.2 Å². The molecular weight excluding hydrogens is 171 g/mol. The molecule has 0 spiro atoms. The molecule has 1 heterocycles. The summed E-state index contributed by atoms with van der Waals surface area (Å²) in [7, 11) is 1.64. The third-order valence-corrected chi connectivity index (χ3v) is 2.43. The van der Waals surface area contributed by atoms with Gasteiger partial charge in [0.15, 0.2) is 0 Å². The molecule has 0 saturated carbocycles. The summed E-state index contributed by atoms with van der Waals surface area (Å²) in [6.07, 6.45) is 0. The Morgan fingerprint density at radius 1 is 1.31 bits per heavy atom. The lowest BCUT2D eigenvalue weighted by molar-refractivity contribution is -0.202. The van der Waals surface area contributed by atoms with Crippen LogP contribution in [0.25, 0.3) is 0 Å². The van der Waals surface area contributed by atoms with Gasteiger partial charge in [-0.05, 0) is 17.7 Å².